The third-order valence-electron chi connectivity index (χ3n) is 7.36. The Morgan fingerprint density at radius 1 is 1.14 bits per heavy atom. The second kappa shape index (κ2) is 5.35. The quantitative estimate of drug-likeness (QED) is 0.543. The van der Waals surface area contributed by atoms with E-state index < -0.39 is 5.92 Å². The average Bonchev–Trinajstić information content (AvgIpc) is 2.45. The van der Waals surface area contributed by atoms with Gasteiger partial charge in [0.15, 0.2) is 0 Å². The van der Waals surface area contributed by atoms with Crippen molar-refractivity contribution in [2.45, 2.75) is 65.7 Å². The largest absolute Gasteiger partial charge is 0.468 e. The molecule has 0 aromatic carbocycles. The molecule has 3 aliphatic carbocycles. The van der Waals surface area contributed by atoms with Crippen LogP contribution in [0.15, 0.2) is 0 Å². The first-order valence-electron chi connectivity index (χ1n) is 8.92. The zero-order valence-electron chi connectivity index (χ0n) is 14.5. The molecule has 22 heavy (non-hydrogen) atoms. The molecule has 3 nitrogen and oxygen atoms in total. The number of rotatable bonds is 1. The van der Waals surface area contributed by atoms with Crippen LogP contribution in [-0.2, 0) is 14.3 Å². The standard InChI is InChI=1S/C19H30O3/c1-18(2)10-5-11-19(3)13-7-8-14(20)16(17(21)22-4)12(13)6-9-15(18)19/h12-13,15-16H,5-11H2,1-4H3/t12-,13-,15+,16+,19+/m0/s1. The van der Waals surface area contributed by atoms with Gasteiger partial charge in [-0.05, 0) is 60.7 Å². The van der Waals surface area contributed by atoms with Crippen LogP contribution in [0.25, 0.3) is 0 Å². The Morgan fingerprint density at radius 3 is 2.55 bits per heavy atom. The van der Waals surface area contributed by atoms with Crippen molar-refractivity contribution in [2.75, 3.05) is 7.11 Å². The van der Waals surface area contributed by atoms with Gasteiger partial charge in [0.05, 0.1) is 7.11 Å². The molecule has 3 fully saturated rings. The third-order valence-corrected chi connectivity index (χ3v) is 7.36. The van der Waals surface area contributed by atoms with Crippen LogP contribution >= 0.6 is 0 Å². The van der Waals surface area contributed by atoms with Crippen LogP contribution < -0.4 is 0 Å². The Kier molecular flexibility index (Phi) is 3.89. The Morgan fingerprint density at radius 2 is 1.86 bits per heavy atom. The molecule has 0 aromatic rings. The van der Waals surface area contributed by atoms with Gasteiger partial charge < -0.3 is 4.74 Å². The van der Waals surface area contributed by atoms with Gasteiger partial charge in [0.2, 0.25) is 0 Å². The highest BCUT2D eigenvalue weighted by Crippen LogP contribution is 2.64. The van der Waals surface area contributed by atoms with E-state index in [1.54, 1.807) is 0 Å². The number of Topliss-reactive ketones (excluding diaryl/α,β-unsaturated/α-hetero) is 1. The van der Waals surface area contributed by atoms with Crippen molar-refractivity contribution in [3.05, 3.63) is 0 Å². The van der Waals surface area contributed by atoms with Gasteiger partial charge in [0.1, 0.15) is 11.7 Å². The minimum Gasteiger partial charge on any atom is -0.468 e. The van der Waals surface area contributed by atoms with E-state index in [1.165, 1.54) is 26.4 Å². The molecular formula is C19H30O3. The van der Waals surface area contributed by atoms with Gasteiger partial charge in [-0.2, -0.15) is 0 Å². The topological polar surface area (TPSA) is 43.4 Å². The Hall–Kier alpha value is -0.860. The lowest BCUT2D eigenvalue weighted by atomic mass is 9.43. The smallest absolute Gasteiger partial charge is 0.316 e. The van der Waals surface area contributed by atoms with Crippen molar-refractivity contribution in [3.8, 4) is 0 Å². The maximum absolute atomic E-state index is 12.3. The van der Waals surface area contributed by atoms with E-state index in [0.29, 0.717) is 17.8 Å². The zero-order valence-corrected chi connectivity index (χ0v) is 14.5. The maximum Gasteiger partial charge on any atom is 0.316 e. The summed E-state index contributed by atoms with van der Waals surface area (Å²) in [5.41, 5.74) is 0.678. The summed E-state index contributed by atoms with van der Waals surface area (Å²) in [6.07, 6.45) is 7.55. The highest BCUT2D eigenvalue weighted by molar-refractivity contribution is 5.99. The lowest BCUT2D eigenvalue weighted by Crippen LogP contribution is -2.56. The summed E-state index contributed by atoms with van der Waals surface area (Å²) in [4.78, 5) is 24.5. The Balaban J connectivity index is 1.94. The van der Waals surface area contributed by atoms with Crippen LogP contribution in [0.5, 0.6) is 0 Å². The maximum atomic E-state index is 12.3. The number of ketones is 1. The monoisotopic (exact) mass is 306 g/mol. The average molecular weight is 306 g/mol. The highest BCUT2D eigenvalue weighted by atomic mass is 16.5. The van der Waals surface area contributed by atoms with Crippen LogP contribution in [0, 0.1) is 34.5 Å². The number of carbonyl (C=O) groups excluding carboxylic acids is 2. The summed E-state index contributed by atoms with van der Waals surface area (Å²) in [6, 6.07) is 0. The summed E-state index contributed by atoms with van der Waals surface area (Å²) in [6.45, 7) is 7.28. The van der Waals surface area contributed by atoms with Crippen molar-refractivity contribution >= 4 is 11.8 Å². The van der Waals surface area contributed by atoms with Crippen LogP contribution in [0.4, 0.5) is 0 Å². The summed E-state index contributed by atoms with van der Waals surface area (Å²) in [5, 5.41) is 0. The predicted octanol–water partition coefficient (Wildman–Crippen LogP) is 4.00. The number of esters is 1. The van der Waals surface area contributed by atoms with Gasteiger partial charge in [-0.3, -0.25) is 9.59 Å². The molecule has 124 valence electrons. The summed E-state index contributed by atoms with van der Waals surface area (Å²) in [5.74, 6) is 0.770. The number of methoxy groups -OCH3 is 1. The lowest BCUT2D eigenvalue weighted by molar-refractivity contribution is -0.166. The molecule has 5 atom stereocenters. The first-order valence-corrected chi connectivity index (χ1v) is 8.92. The van der Waals surface area contributed by atoms with Crippen molar-refractivity contribution in [3.63, 3.8) is 0 Å². The molecular weight excluding hydrogens is 276 g/mol. The molecule has 3 heteroatoms. The van der Waals surface area contributed by atoms with Crippen LogP contribution in [0.1, 0.15) is 65.7 Å². The molecule has 0 bridgehead atoms. The third kappa shape index (κ3) is 2.23. The molecule has 0 spiro atoms. The van der Waals surface area contributed by atoms with Crippen LogP contribution in [-0.4, -0.2) is 18.9 Å². The first kappa shape index (κ1) is 16.0. The van der Waals surface area contributed by atoms with E-state index in [4.69, 9.17) is 4.74 Å². The molecule has 0 radical (unpaired) electrons. The Labute approximate surface area is 134 Å². The van der Waals surface area contributed by atoms with Crippen LogP contribution in [0.3, 0.4) is 0 Å². The van der Waals surface area contributed by atoms with E-state index in [-0.39, 0.29) is 23.1 Å². The van der Waals surface area contributed by atoms with E-state index in [1.807, 2.05) is 0 Å². The zero-order chi connectivity index (χ0) is 16.1. The van der Waals surface area contributed by atoms with Gasteiger partial charge in [-0.1, -0.05) is 27.2 Å². The van der Waals surface area contributed by atoms with Gasteiger partial charge in [0, 0.05) is 6.42 Å². The molecule has 0 amide bonds. The summed E-state index contributed by atoms with van der Waals surface area (Å²) >= 11 is 0. The molecule has 0 N–H and O–H groups in total. The molecule has 3 rings (SSSR count). The number of ether oxygens (including phenoxy) is 1. The normalized spacial score (nSPS) is 43.9. The van der Waals surface area contributed by atoms with Gasteiger partial charge in [-0.25, -0.2) is 0 Å². The fourth-order valence-corrected chi connectivity index (χ4v) is 6.45. The lowest BCUT2D eigenvalue weighted by Gasteiger charge is -2.61. The minimum absolute atomic E-state index is 0.116. The van der Waals surface area contributed by atoms with Gasteiger partial charge >= 0.3 is 5.97 Å². The molecule has 3 saturated carbocycles. The van der Waals surface area contributed by atoms with Crippen molar-refractivity contribution < 1.29 is 14.3 Å². The second-order valence-electron chi connectivity index (χ2n) is 8.75. The molecule has 3 aliphatic rings. The number of hydrogen-bond donors (Lipinski definition) is 0. The fraction of sp³-hybridized carbons (Fsp3) is 0.895. The highest BCUT2D eigenvalue weighted by Gasteiger charge is 2.58. The Bertz CT molecular complexity index is 473. The first-order chi connectivity index (χ1) is 10.3. The van der Waals surface area contributed by atoms with Crippen molar-refractivity contribution in [1.29, 1.82) is 0 Å². The predicted molar refractivity (Wildman–Crippen MR) is 85.2 cm³/mol. The van der Waals surface area contributed by atoms with E-state index in [9.17, 15) is 9.59 Å². The fourth-order valence-electron chi connectivity index (χ4n) is 6.45. The molecule has 0 aromatic heterocycles. The number of carbonyl (C=O) groups is 2. The minimum atomic E-state index is -0.494. The van der Waals surface area contributed by atoms with Gasteiger partial charge in [0.25, 0.3) is 0 Å². The van der Waals surface area contributed by atoms with E-state index >= 15 is 0 Å². The number of hydrogen-bond acceptors (Lipinski definition) is 3. The van der Waals surface area contributed by atoms with Crippen molar-refractivity contribution in [1.82, 2.24) is 0 Å². The molecule has 0 heterocycles. The molecule has 0 saturated heterocycles. The summed E-state index contributed by atoms with van der Waals surface area (Å²) < 4.78 is 4.96. The molecule has 0 aliphatic heterocycles. The van der Waals surface area contributed by atoms with Crippen molar-refractivity contribution in [2.24, 2.45) is 34.5 Å². The SMILES string of the molecule is COC(=O)[C@H]1C(=O)CC[C@H]2[C@@H]1CC[C@@H]1C(C)(C)CCC[C@@]12C. The summed E-state index contributed by atoms with van der Waals surface area (Å²) in [7, 11) is 1.41. The second-order valence-corrected chi connectivity index (χ2v) is 8.75. The van der Waals surface area contributed by atoms with Crippen LogP contribution in [0.2, 0.25) is 0 Å². The van der Waals surface area contributed by atoms with Gasteiger partial charge in [-0.15, -0.1) is 0 Å². The molecule has 0 unspecified atom stereocenters. The van der Waals surface area contributed by atoms with E-state index in [2.05, 4.69) is 20.8 Å². The van der Waals surface area contributed by atoms with E-state index in [0.717, 1.165) is 25.2 Å². The number of fused-ring (bicyclic) bond motifs is 3.